The average Bonchev–Trinajstić information content (AvgIpc) is 3.08. The molecule has 0 aliphatic carbocycles. The third kappa shape index (κ3) is 3.27. The molecule has 0 aromatic heterocycles. The lowest BCUT2D eigenvalue weighted by Crippen LogP contribution is -2.13. The van der Waals surface area contributed by atoms with Gasteiger partial charge in [0.1, 0.15) is 0 Å². The number of hydrogen-bond acceptors (Lipinski definition) is 3. The molecule has 24 heavy (non-hydrogen) atoms. The van der Waals surface area contributed by atoms with E-state index < -0.39 is 23.9 Å². The van der Waals surface area contributed by atoms with E-state index in [-0.39, 0.29) is 24.3 Å². The van der Waals surface area contributed by atoms with Gasteiger partial charge in [-0.2, -0.15) is 13.2 Å². The normalized spacial score (nSPS) is 15.6. The van der Waals surface area contributed by atoms with Gasteiger partial charge in [0.2, 0.25) is 5.91 Å². The molecule has 3 rings (SSSR count). The Balaban J connectivity index is 2.07. The maximum atomic E-state index is 13.4. The Morgan fingerprint density at radius 1 is 1.04 bits per heavy atom. The van der Waals surface area contributed by atoms with E-state index in [0.29, 0.717) is 11.1 Å². The van der Waals surface area contributed by atoms with Crippen LogP contribution in [0.3, 0.4) is 0 Å². The van der Waals surface area contributed by atoms with E-state index >= 15 is 0 Å². The maximum absolute atomic E-state index is 13.4. The van der Waals surface area contributed by atoms with Gasteiger partial charge in [-0.25, -0.2) is 0 Å². The van der Waals surface area contributed by atoms with E-state index in [1.54, 1.807) is 12.1 Å². The molecule has 126 valence electrons. The Kier molecular flexibility index (Phi) is 4.29. The second kappa shape index (κ2) is 6.26. The number of amides is 1. The Hall–Kier alpha value is -2.38. The van der Waals surface area contributed by atoms with Crippen LogP contribution in [0.15, 0.2) is 42.5 Å². The summed E-state index contributed by atoms with van der Waals surface area (Å²) >= 11 is 0. The molecule has 1 amide bonds. The van der Waals surface area contributed by atoms with Gasteiger partial charge in [-0.05, 0) is 29.3 Å². The van der Waals surface area contributed by atoms with Gasteiger partial charge in [0, 0.05) is 11.1 Å². The quantitative estimate of drug-likeness (QED) is 0.932. The first-order chi connectivity index (χ1) is 11.4. The van der Waals surface area contributed by atoms with Crippen LogP contribution in [0.4, 0.5) is 13.2 Å². The minimum atomic E-state index is -4.55. The van der Waals surface area contributed by atoms with Crippen molar-refractivity contribution < 1.29 is 27.4 Å². The molecule has 1 aliphatic rings. The van der Waals surface area contributed by atoms with E-state index in [1.165, 1.54) is 24.3 Å². The molecule has 0 bridgehead atoms. The zero-order valence-corrected chi connectivity index (χ0v) is 12.5. The fourth-order valence-corrected chi connectivity index (χ4v) is 2.58. The Morgan fingerprint density at radius 2 is 1.71 bits per heavy atom. The molecule has 4 nitrogen and oxygen atoms in total. The summed E-state index contributed by atoms with van der Waals surface area (Å²) in [5, 5.41) is 0. The van der Waals surface area contributed by atoms with Crippen LogP contribution in [0, 0.1) is 0 Å². The number of hydrogen-bond donors (Lipinski definition) is 1. The van der Waals surface area contributed by atoms with Crippen LogP contribution in [0.2, 0.25) is 0 Å². The molecular weight excluding hydrogens is 323 g/mol. The van der Waals surface area contributed by atoms with Crippen molar-refractivity contribution in [2.75, 3.05) is 13.2 Å². The van der Waals surface area contributed by atoms with Crippen molar-refractivity contribution in [3.8, 4) is 11.1 Å². The smallest absolute Gasteiger partial charge is 0.366 e. The summed E-state index contributed by atoms with van der Waals surface area (Å²) in [5.74, 6) is -0.641. The van der Waals surface area contributed by atoms with Gasteiger partial charge in [-0.3, -0.25) is 4.79 Å². The van der Waals surface area contributed by atoms with Crippen molar-refractivity contribution in [2.45, 2.75) is 12.5 Å². The summed E-state index contributed by atoms with van der Waals surface area (Å²) in [5.41, 5.74) is 5.36. The first-order valence-electron chi connectivity index (χ1n) is 7.21. The predicted octanol–water partition coefficient (Wildman–Crippen LogP) is 3.52. The van der Waals surface area contributed by atoms with Crippen LogP contribution < -0.4 is 5.73 Å². The number of carbonyl (C=O) groups excluding carboxylic acids is 1. The number of nitrogens with two attached hydrogens (primary N) is 1. The third-order valence-electron chi connectivity index (χ3n) is 3.71. The lowest BCUT2D eigenvalue weighted by atomic mass is 9.97. The van der Waals surface area contributed by atoms with Gasteiger partial charge in [0.05, 0.1) is 18.8 Å². The summed E-state index contributed by atoms with van der Waals surface area (Å²) in [7, 11) is 0. The highest BCUT2D eigenvalue weighted by Gasteiger charge is 2.37. The third-order valence-corrected chi connectivity index (χ3v) is 3.71. The molecule has 1 fully saturated rings. The van der Waals surface area contributed by atoms with Crippen molar-refractivity contribution in [2.24, 2.45) is 5.73 Å². The SMILES string of the molecule is NC(=O)c1cccc(-c2ccc(C3OCCO3)c(C(F)(F)F)c2)c1. The molecule has 0 atom stereocenters. The van der Waals surface area contributed by atoms with E-state index in [0.717, 1.165) is 6.07 Å². The first-order valence-corrected chi connectivity index (χ1v) is 7.21. The van der Waals surface area contributed by atoms with Crippen molar-refractivity contribution in [3.63, 3.8) is 0 Å². The summed E-state index contributed by atoms with van der Waals surface area (Å²) in [6.07, 6.45) is -5.57. The number of benzene rings is 2. The molecule has 2 aromatic carbocycles. The van der Waals surface area contributed by atoms with Crippen molar-refractivity contribution >= 4 is 5.91 Å². The van der Waals surface area contributed by atoms with Crippen molar-refractivity contribution in [3.05, 3.63) is 59.2 Å². The summed E-state index contributed by atoms with van der Waals surface area (Å²) in [6, 6.07) is 10.1. The molecule has 0 spiro atoms. The minimum Gasteiger partial charge on any atom is -0.366 e. The molecule has 1 saturated heterocycles. The number of carbonyl (C=O) groups is 1. The fraction of sp³-hybridized carbons (Fsp3) is 0.235. The van der Waals surface area contributed by atoms with Gasteiger partial charge in [-0.1, -0.05) is 24.3 Å². The molecule has 1 aliphatic heterocycles. The van der Waals surface area contributed by atoms with Gasteiger partial charge >= 0.3 is 6.18 Å². The molecule has 0 unspecified atom stereocenters. The standard InChI is InChI=1S/C17H14F3NO3/c18-17(19,20)14-9-11(4-5-13(14)16-23-6-7-24-16)10-2-1-3-12(8-10)15(21)22/h1-5,8-9,16H,6-7H2,(H2,21,22). The largest absolute Gasteiger partial charge is 0.416 e. The highest BCUT2D eigenvalue weighted by Crippen LogP contribution is 2.39. The first kappa shape index (κ1) is 16.5. The topological polar surface area (TPSA) is 61.6 Å². The van der Waals surface area contributed by atoms with Crippen LogP contribution in [-0.4, -0.2) is 19.1 Å². The minimum absolute atomic E-state index is 0.0604. The average molecular weight is 337 g/mol. The highest BCUT2D eigenvalue weighted by atomic mass is 19.4. The molecule has 0 saturated carbocycles. The zero-order valence-electron chi connectivity index (χ0n) is 12.5. The van der Waals surface area contributed by atoms with E-state index in [2.05, 4.69) is 0 Å². The lowest BCUT2D eigenvalue weighted by molar-refractivity contribution is -0.142. The lowest BCUT2D eigenvalue weighted by Gasteiger charge is -2.18. The zero-order chi connectivity index (χ0) is 17.3. The summed E-state index contributed by atoms with van der Waals surface area (Å²) in [6.45, 7) is 0.509. The van der Waals surface area contributed by atoms with Crippen molar-refractivity contribution in [1.82, 2.24) is 0 Å². The van der Waals surface area contributed by atoms with Crippen LogP contribution in [0.1, 0.15) is 27.8 Å². The molecule has 7 heteroatoms. The molecule has 1 heterocycles. The molecule has 2 N–H and O–H groups in total. The second-order valence-corrected chi connectivity index (χ2v) is 5.32. The van der Waals surface area contributed by atoms with Gasteiger partial charge in [0.25, 0.3) is 0 Å². The summed E-state index contributed by atoms with van der Waals surface area (Å²) in [4.78, 5) is 11.2. The molecule has 0 radical (unpaired) electrons. The van der Waals surface area contributed by atoms with Crippen LogP contribution in [0.5, 0.6) is 0 Å². The van der Waals surface area contributed by atoms with E-state index in [1.807, 2.05) is 0 Å². The Morgan fingerprint density at radius 3 is 2.33 bits per heavy atom. The van der Waals surface area contributed by atoms with Crippen LogP contribution in [-0.2, 0) is 15.7 Å². The van der Waals surface area contributed by atoms with Crippen LogP contribution in [0.25, 0.3) is 11.1 Å². The monoisotopic (exact) mass is 337 g/mol. The van der Waals surface area contributed by atoms with Gasteiger partial charge in [-0.15, -0.1) is 0 Å². The maximum Gasteiger partial charge on any atom is 0.416 e. The number of halogens is 3. The van der Waals surface area contributed by atoms with Crippen molar-refractivity contribution in [1.29, 1.82) is 0 Å². The number of primary amides is 1. The Labute approximate surface area is 136 Å². The second-order valence-electron chi connectivity index (χ2n) is 5.32. The number of rotatable bonds is 3. The van der Waals surface area contributed by atoms with Gasteiger partial charge in [0.15, 0.2) is 6.29 Å². The summed E-state index contributed by atoms with van der Waals surface area (Å²) < 4.78 is 50.6. The van der Waals surface area contributed by atoms with E-state index in [9.17, 15) is 18.0 Å². The fourth-order valence-electron chi connectivity index (χ4n) is 2.58. The predicted molar refractivity (Wildman–Crippen MR) is 80.0 cm³/mol. The number of alkyl halides is 3. The highest BCUT2D eigenvalue weighted by molar-refractivity contribution is 5.94. The van der Waals surface area contributed by atoms with E-state index in [4.69, 9.17) is 15.2 Å². The van der Waals surface area contributed by atoms with Crippen LogP contribution >= 0.6 is 0 Å². The van der Waals surface area contributed by atoms with Gasteiger partial charge < -0.3 is 15.2 Å². The number of ether oxygens (including phenoxy) is 2. The Bertz CT molecular complexity index is 768. The molecule has 2 aromatic rings. The molecular formula is C17H14F3NO3.